The maximum atomic E-state index is 12.7. The Morgan fingerprint density at radius 2 is 1.73 bits per heavy atom. The molecule has 26 heavy (non-hydrogen) atoms. The second-order valence-electron chi connectivity index (χ2n) is 6.52. The van der Waals surface area contributed by atoms with Crippen molar-refractivity contribution in [2.45, 2.75) is 19.4 Å². The Labute approximate surface area is 152 Å². The van der Waals surface area contributed by atoms with E-state index in [9.17, 15) is 4.79 Å². The molecule has 0 bridgehead atoms. The minimum absolute atomic E-state index is 0.325. The zero-order chi connectivity index (χ0) is 18.1. The highest BCUT2D eigenvalue weighted by atomic mass is 16.5. The number of benzene rings is 3. The Morgan fingerprint density at radius 3 is 2.50 bits per heavy atom. The summed E-state index contributed by atoms with van der Waals surface area (Å²) >= 11 is 0. The maximum absolute atomic E-state index is 12.7. The van der Waals surface area contributed by atoms with E-state index in [1.54, 1.807) is 0 Å². The summed E-state index contributed by atoms with van der Waals surface area (Å²) in [5.41, 5.74) is 1.56. The summed E-state index contributed by atoms with van der Waals surface area (Å²) in [6.45, 7) is 4.13. The summed E-state index contributed by atoms with van der Waals surface area (Å²) in [6.07, 6.45) is 1.87. The van der Waals surface area contributed by atoms with Gasteiger partial charge in [0.05, 0.1) is 12.2 Å². The highest BCUT2D eigenvalue weighted by Gasteiger charge is 2.36. The van der Waals surface area contributed by atoms with E-state index in [-0.39, 0.29) is 5.97 Å². The lowest BCUT2D eigenvalue weighted by molar-refractivity contribution is -0.136. The van der Waals surface area contributed by atoms with Crippen molar-refractivity contribution < 1.29 is 14.3 Å². The van der Waals surface area contributed by atoms with Crippen LogP contribution in [-0.4, -0.2) is 12.6 Å². The first kappa shape index (κ1) is 16.4. The predicted octanol–water partition coefficient (Wildman–Crippen LogP) is 5.09. The Bertz CT molecular complexity index is 1000. The first-order valence-corrected chi connectivity index (χ1v) is 8.79. The monoisotopic (exact) mass is 344 g/mol. The average molecular weight is 344 g/mol. The SMILES string of the molecule is CCOC(=O)C1=CC(C)(c2ccccc2)Oc2c1ccc1ccccc21. The lowest BCUT2D eigenvalue weighted by atomic mass is 9.87. The van der Waals surface area contributed by atoms with Crippen molar-refractivity contribution in [2.24, 2.45) is 0 Å². The van der Waals surface area contributed by atoms with Crippen LogP contribution in [-0.2, 0) is 15.1 Å². The summed E-state index contributed by atoms with van der Waals surface area (Å²) in [5, 5.41) is 2.06. The quantitative estimate of drug-likeness (QED) is 0.621. The van der Waals surface area contributed by atoms with Crippen LogP contribution in [0.15, 0.2) is 72.8 Å². The van der Waals surface area contributed by atoms with Crippen LogP contribution in [0.3, 0.4) is 0 Å². The maximum Gasteiger partial charge on any atom is 0.338 e. The van der Waals surface area contributed by atoms with E-state index in [0.29, 0.717) is 12.2 Å². The highest BCUT2D eigenvalue weighted by Crippen LogP contribution is 2.44. The summed E-state index contributed by atoms with van der Waals surface area (Å²) in [6, 6.07) is 21.9. The molecule has 0 N–H and O–H groups in total. The van der Waals surface area contributed by atoms with Gasteiger partial charge in [0.25, 0.3) is 0 Å². The van der Waals surface area contributed by atoms with Crippen molar-refractivity contribution in [1.82, 2.24) is 0 Å². The topological polar surface area (TPSA) is 35.5 Å². The number of carbonyl (C=O) groups is 1. The van der Waals surface area contributed by atoms with Gasteiger partial charge in [-0.25, -0.2) is 4.79 Å². The van der Waals surface area contributed by atoms with E-state index in [1.165, 1.54) is 0 Å². The van der Waals surface area contributed by atoms with Crippen LogP contribution in [0.2, 0.25) is 0 Å². The van der Waals surface area contributed by atoms with Crippen LogP contribution >= 0.6 is 0 Å². The molecule has 4 rings (SSSR count). The normalized spacial score (nSPS) is 18.6. The average Bonchev–Trinajstić information content (AvgIpc) is 2.68. The summed E-state index contributed by atoms with van der Waals surface area (Å²) in [7, 11) is 0. The third kappa shape index (κ3) is 2.66. The zero-order valence-corrected chi connectivity index (χ0v) is 14.9. The number of hydrogen-bond donors (Lipinski definition) is 0. The van der Waals surface area contributed by atoms with E-state index in [2.05, 4.69) is 0 Å². The highest BCUT2D eigenvalue weighted by molar-refractivity contribution is 6.19. The van der Waals surface area contributed by atoms with Crippen molar-refractivity contribution in [3.63, 3.8) is 0 Å². The van der Waals surface area contributed by atoms with Crippen LogP contribution in [0, 0.1) is 0 Å². The van der Waals surface area contributed by atoms with Crippen LogP contribution < -0.4 is 4.74 Å². The number of ether oxygens (including phenoxy) is 2. The Hall–Kier alpha value is -3.07. The Balaban J connectivity index is 1.96. The lowest BCUT2D eigenvalue weighted by Gasteiger charge is -2.34. The molecule has 0 saturated carbocycles. The largest absolute Gasteiger partial charge is 0.477 e. The summed E-state index contributed by atoms with van der Waals surface area (Å²) < 4.78 is 11.8. The smallest absolute Gasteiger partial charge is 0.338 e. The fourth-order valence-electron chi connectivity index (χ4n) is 3.45. The molecule has 3 nitrogen and oxygen atoms in total. The molecule has 130 valence electrons. The molecule has 0 saturated heterocycles. The van der Waals surface area contributed by atoms with Crippen LogP contribution in [0.4, 0.5) is 0 Å². The van der Waals surface area contributed by atoms with Gasteiger partial charge in [0, 0.05) is 10.9 Å². The van der Waals surface area contributed by atoms with Gasteiger partial charge in [-0.2, -0.15) is 0 Å². The molecular formula is C23H20O3. The van der Waals surface area contributed by atoms with Gasteiger partial charge >= 0.3 is 5.97 Å². The fraction of sp³-hybridized carbons (Fsp3) is 0.174. The molecule has 0 aliphatic carbocycles. The lowest BCUT2D eigenvalue weighted by Crippen LogP contribution is -2.32. The number of esters is 1. The molecule has 3 heteroatoms. The minimum Gasteiger partial charge on any atom is -0.477 e. The van der Waals surface area contributed by atoms with Crippen molar-refractivity contribution >= 4 is 22.3 Å². The van der Waals surface area contributed by atoms with Gasteiger partial charge < -0.3 is 9.47 Å². The van der Waals surface area contributed by atoms with Crippen LogP contribution in [0.5, 0.6) is 5.75 Å². The second-order valence-corrected chi connectivity index (χ2v) is 6.52. The molecule has 1 atom stereocenters. The molecule has 0 radical (unpaired) electrons. The van der Waals surface area contributed by atoms with Gasteiger partial charge in [0.15, 0.2) is 5.60 Å². The molecule has 3 aromatic carbocycles. The van der Waals surface area contributed by atoms with E-state index < -0.39 is 5.60 Å². The number of fused-ring (bicyclic) bond motifs is 3. The summed E-state index contributed by atoms with van der Waals surface area (Å²) in [5.74, 6) is 0.398. The molecule has 0 fully saturated rings. The van der Waals surface area contributed by atoms with E-state index in [0.717, 1.165) is 27.6 Å². The third-order valence-electron chi connectivity index (χ3n) is 4.75. The van der Waals surface area contributed by atoms with E-state index in [1.807, 2.05) is 86.7 Å². The molecule has 0 amide bonds. The van der Waals surface area contributed by atoms with Crippen LogP contribution in [0.1, 0.15) is 25.0 Å². The van der Waals surface area contributed by atoms with Crippen LogP contribution in [0.25, 0.3) is 16.3 Å². The number of hydrogen-bond acceptors (Lipinski definition) is 3. The standard InChI is InChI=1S/C23H20O3/c1-3-25-22(24)20-15-23(2,17-10-5-4-6-11-17)26-21-18-12-8-7-9-16(18)13-14-19(20)21/h4-15H,3H2,1-2H3. The van der Waals surface area contributed by atoms with Crippen molar-refractivity contribution in [1.29, 1.82) is 0 Å². The molecule has 1 heterocycles. The molecule has 1 aliphatic rings. The number of rotatable bonds is 3. The third-order valence-corrected chi connectivity index (χ3v) is 4.75. The molecule has 0 spiro atoms. The zero-order valence-electron chi connectivity index (χ0n) is 14.9. The van der Waals surface area contributed by atoms with Crippen molar-refractivity contribution in [3.8, 4) is 5.75 Å². The van der Waals surface area contributed by atoms with Gasteiger partial charge in [-0.05, 0) is 36.9 Å². The van der Waals surface area contributed by atoms with Crippen molar-refractivity contribution in [2.75, 3.05) is 6.61 Å². The minimum atomic E-state index is -0.750. The van der Waals surface area contributed by atoms with Gasteiger partial charge in [-0.15, -0.1) is 0 Å². The Morgan fingerprint density at radius 1 is 1.00 bits per heavy atom. The molecule has 0 aromatic heterocycles. The van der Waals surface area contributed by atoms with Gasteiger partial charge in [-0.1, -0.05) is 60.7 Å². The molecular weight excluding hydrogens is 324 g/mol. The number of carbonyl (C=O) groups excluding carboxylic acids is 1. The predicted molar refractivity (Wildman–Crippen MR) is 103 cm³/mol. The molecule has 3 aromatic rings. The fourth-order valence-corrected chi connectivity index (χ4v) is 3.45. The van der Waals surface area contributed by atoms with Gasteiger partial charge in [0.2, 0.25) is 0 Å². The van der Waals surface area contributed by atoms with Gasteiger partial charge in [-0.3, -0.25) is 0 Å². The van der Waals surface area contributed by atoms with Gasteiger partial charge in [0.1, 0.15) is 5.75 Å². The van der Waals surface area contributed by atoms with E-state index >= 15 is 0 Å². The second kappa shape index (κ2) is 6.34. The Kier molecular flexibility index (Phi) is 4.00. The summed E-state index contributed by atoms with van der Waals surface area (Å²) in [4.78, 5) is 12.7. The molecule has 1 aliphatic heterocycles. The van der Waals surface area contributed by atoms with E-state index in [4.69, 9.17) is 9.47 Å². The molecule has 1 unspecified atom stereocenters. The first-order valence-electron chi connectivity index (χ1n) is 8.79. The van der Waals surface area contributed by atoms with Crippen molar-refractivity contribution in [3.05, 3.63) is 83.9 Å². The first-order chi connectivity index (χ1) is 12.6.